The number of fused-ring (bicyclic) bond motifs is 1. The first-order valence-corrected chi connectivity index (χ1v) is 12.1. The third kappa shape index (κ3) is 5.73. The van der Waals surface area contributed by atoms with Crippen molar-refractivity contribution in [3.63, 3.8) is 0 Å². The highest BCUT2D eigenvalue weighted by Crippen LogP contribution is 2.25. The number of aromatic nitrogens is 2. The van der Waals surface area contributed by atoms with Crippen molar-refractivity contribution in [2.45, 2.75) is 58.9 Å². The molecule has 0 fully saturated rings. The van der Waals surface area contributed by atoms with E-state index in [2.05, 4.69) is 64.0 Å². The summed E-state index contributed by atoms with van der Waals surface area (Å²) in [4.78, 5) is 17.7. The molecule has 4 rings (SSSR count). The summed E-state index contributed by atoms with van der Waals surface area (Å²) in [5.74, 6) is 1.16. The van der Waals surface area contributed by atoms with Gasteiger partial charge < -0.3 is 9.30 Å². The molecule has 1 amide bonds. The van der Waals surface area contributed by atoms with Crippen LogP contribution in [-0.4, -0.2) is 22.1 Å². The van der Waals surface area contributed by atoms with Gasteiger partial charge in [-0.3, -0.25) is 10.1 Å². The lowest BCUT2D eigenvalue weighted by Gasteiger charge is -2.19. The molecule has 0 aliphatic heterocycles. The van der Waals surface area contributed by atoms with Crippen LogP contribution in [0.2, 0.25) is 0 Å². The van der Waals surface area contributed by atoms with Crippen LogP contribution in [0.25, 0.3) is 11.0 Å². The first kappa shape index (κ1) is 24.5. The number of nitrogens with one attached hydrogen (secondary N) is 1. The van der Waals surface area contributed by atoms with Crippen molar-refractivity contribution in [3.8, 4) is 5.75 Å². The molecule has 5 nitrogen and oxygen atoms in total. The van der Waals surface area contributed by atoms with Crippen molar-refractivity contribution in [1.82, 2.24) is 9.55 Å². The van der Waals surface area contributed by atoms with E-state index < -0.39 is 0 Å². The standard InChI is InChI=1S/C30H35N3O2/c1-29(2,3)22-13-11-21(12-14-22)27(34)32-28-31-25-9-7-8-10-26(25)33(28)19-20-35-24-17-15-23(16-18-24)30(4,5)6/h7-18H,19-20H2,1-6H3,(H,31,32,34). The van der Waals surface area contributed by atoms with E-state index in [0.29, 0.717) is 24.7 Å². The lowest BCUT2D eigenvalue weighted by Crippen LogP contribution is -2.18. The number of ether oxygens (including phenoxy) is 1. The number of rotatable bonds is 6. The Morgan fingerprint density at radius 2 is 1.40 bits per heavy atom. The summed E-state index contributed by atoms with van der Waals surface area (Å²) in [6.07, 6.45) is 0. The Bertz CT molecular complexity index is 1310. The van der Waals surface area contributed by atoms with Crippen LogP contribution in [0.4, 0.5) is 5.95 Å². The summed E-state index contributed by atoms with van der Waals surface area (Å²) >= 11 is 0. The summed E-state index contributed by atoms with van der Waals surface area (Å²) in [7, 11) is 0. The van der Waals surface area contributed by atoms with E-state index in [1.807, 2.05) is 65.2 Å². The smallest absolute Gasteiger partial charge is 0.257 e. The molecular formula is C30H35N3O2. The highest BCUT2D eigenvalue weighted by atomic mass is 16.5. The second-order valence-corrected chi connectivity index (χ2v) is 11.0. The van der Waals surface area contributed by atoms with Gasteiger partial charge in [-0.2, -0.15) is 0 Å². The highest BCUT2D eigenvalue weighted by Gasteiger charge is 2.17. The van der Waals surface area contributed by atoms with Gasteiger partial charge in [0.25, 0.3) is 5.91 Å². The zero-order valence-electron chi connectivity index (χ0n) is 21.6. The topological polar surface area (TPSA) is 56.1 Å². The Kier molecular flexibility index (Phi) is 6.70. The van der Waals surface area contributed by atoms with Gasteiger partial charge >= 0.3 is 0 Å². The predicted molar refractivity (Wildman–Crippen MR) is 143 cm³/mol. The van der Waals surface area contributed by atoms with Crippen molar-refractivity contribution in [2.24, 2.45) is 0 Å². The van der Waals surface area contributed by atoms with Crippen LogP contribution in [0, 0.1) is 0 Å². The maximum Gasteiger partial charge on any atom is 0.257 e. The Morgan fingerprint density at radius 3 is 2.00 bits per heavy atom. The van der Waals surface area contributed by atoms with E-state index >= 15 is 0 Å². The molecule has 0 unspecified atom stereocenters. The molecule has 4 aromatic rings. The van der Waals surface area contributed by atoms with Crippen molar-refractivity contribution in [2.75, 3.05) is 11.9 Å². The summed E-state index contributed by atoms with van der Waals surface area (Å²) in [6.45, 7) is 14.1. The molecule has 0 bridgehead atoms. The summed E-state index contributed by atoms with van der Waals surface area (Å²) in [5, 5.41) is 3.00. The minimum absolute atomic E-state index is 0.0377. The number of carbonyl (C=O) groups excluding carboxylic acids is 1. The Hall–Kier alpha value is -3.60. The van der Waals surface area contributed by atoms with Crippen LogP contribution in [0.1, 0.15) is 63.0 Å². The number of anilines is 1. The van der Waals surface area contributed by atoms with Crippen molar-refractivity contribution in [3.05, 3.63) is 89.5 Å². The van der Waals surface area contributed by atoms with E-state index in [-0.39, 0.29) is 16.7 Å². The number of imidazole rings is 1. The fraction of sp³-hybridized carbons (Fsp3) is 0.333. The summed E-state index contributed by atoms with van der Waals surface area (Å²) in [5.41, 5.74) is 4.99. The molecule has 3 aromatic carbocycles. The molecule has 0 atom stereocenters. The van der Waals surface area contributed by atoms with Gasteiger partial charge in [-0.05, 0) is 58.4 Å². The van der Waals surface area contributed by atoms with Crippen molar-refractivity contribution < 1.29 is 9.53 Å². The first-order chi connectivity index (χ1) is 16.5. The third-order valence-electron chi connectivity index (χ3n) is 6.20. The van der Waals surface area contributed by atoms with Gasteiger partial charge in [0, 0.05) is 5.56 Å². The molecule has 0 saturated carbocycles. The fourth-order valence-corrected chi connectivity index (χ4v) is 4.00. The van der Waals surface area contributed by atoms with Gasteiger partial charge in [0.05, 0.1) is 17.6 Å². The lowest BCUT2D eigenvalue weighted by molar-refractivity contribution is 0.102. The van der Waals surface area contributed by atoms with Gasteiger partial charge in [-0.25, -0.2) is 4.98 Å². The van der Waals surface area contributed by atoms with E-state index in [1.165, 1.54) is 11.1 Å². The molecule has 1 N–H and O–H groups in total. The molecule has 5 heteroatoms. The first-order valence-electron chi connectivity index (χ1n) is 12.1. The molecule has 35 heavy (non-hydrogen) atoms. The second-order valence-electron chi connectivity index (χ2n) is 11.0. The van der Waals surface area contributed by atoms with E-state index in [9.17, 15) is 4.79 Å². The second kappa shape index (κ2) is 9.57. The number of hydrogen-bond acceptors (Lipinski definition) is 3. The molecule has 0 spiro atoms. The van der Waals surface area contributed by atoms with Crippen molar-refractivity contribution in [1.29, 1.82) is 0 Å². The molecule has 182 valence electrons. The molecule has 0 aliphatic carbocycles. The highest BCUT2D eigenvalue weighted by molar-refractivity contribution is 6.04. The van der Waals surface area contributed by atoms with Gasteiger partial charge in [0.15, 0.2) is 0 Å². The minimum atomic E-state index is -0.180. The lowest BCUT2D eigenvalue weighted by atomic mass is 9.87. The SMILES string of the molecule is CC(C)(C)c1ccc(OCCn2c(NC(=O)c3ccc(C(C)(C)C)cc3)nc3ccccc32)cc1. The van der Waals surface area contributed by atoms with E-state index in [4.69, 9.17) is 4.74 Å². The Balaban J connectivity index is 1.49. The van der Waals surface area contributed by atoms with Crippen LogP contribution in [0.5, 0.6) is 5.75 Å². The Morgan fingerprint density at radius 1 is 0.829 bits per heavy atom. The zero-order valence-corrected chi connectivity index (χ0v) is 21.6. The van der Waals surface area contributed by atoms with Gasteiger partial charge in [-0.15, -0.1) is 0 Å². The largest absolute Gasteiger partial charge is 0.492 e. The van der Waals surface area contributed by atoms with Gasteiger partial charge in [-0.1, -0.05) is 77.9 Å². The quantitative estimate of drug-likeness (QED) is 0.332. The number of carbonyl (C=O) groups is 1. The third-order valence-corrected chi connectivity index (χ3v) is 6.20. The van der Waals surface area contributed by atoms with Gasteiger partial charge in [0.2, 0.25) is 5.95 Å². The average Bonchev–Trinajstić information content (AvgIpc) is 3.15. The molecule has 0 aliphatic rings. The Labute approximate surface area is 208 Å². The molecular weight excluding hydrogens is 434 g/mol. The molecule has 0 saturated heterocycles. The minimum Gasteiger partial charge on any atom is -0.492 e. The van der Waals surface area contributed by atoms with E-state index in [0.717, 1.165) is 16.8 Å². The summed E-state index contributed by atoms with van der Waals surface area (Å²) < 4.78 is 8.02. The monoisotopic (exact) mass is 469 g/mol. The maximum atomic E-state index is 13.0. The molecule has 1 aromatic heterocycles. The van der Waals surface area contributed by atoms with Crippen LogP contribution >= 0.6 is 0 Å². The number of nitrogens with zero attached hydrogens (tertiary/aromatic N) is 2. The normalized spacial score (nSPS) is 12.1. The number of benzene rings is 3. The van der Waals surface area contributed by atoms with Crippen LogP contribution < -0.4 is 10.1 Å². The van der Waals surface area contributed by atoms with Crippen LogP contribution in [-0.2, 0) is 17.4 Å². The average molecular weight is 470 g/mol. The number of para-hydroxylation sites is 2. The van der Waals surface area contributed by atoms with Crippen molar-refractivity contribution >= 4 is 22.9 Å². The van der Waals surface area contributed by atoms with Crippen LogP contribution in [0.15, 0.2) is 72.8 Å². The van der Waals surface area contributed by atoms with E-state index in [1.54, 1.807) is 0 Å². The molecule has 0 radical (unpaired) electrons. The fourth-order valence-electron chi connectivity index (χ4n) is 4.00. The summed E-state index contributed by atoms with van der Waals surface area (Å²) in [6, 6.07) is 23.9. The predicted octanol–water partition coefficient (Wildman–Crippen LogP) is 6.96. The zero-order chi connectivity index (χ0) is 25.2. The van der Waals surface area contributed by atoms with Gasteiger partial charge in [0.1, 0.15) is 12.4 Å². The maximum absolute atomic E-state index is 13.0. The number of amides is 1. The molecule has 1 heterocycles. The van der Waals surface area contributed by atoms with Crippen LogP contribution in [0.3, 0.4) is 0 Å². The number of hydrogen-bond donors (Lipinski definition) is 1.